The third-order valence-electron chi connectivity index (χ3n) is 2.64. The molecule has 0 unspecified atom stereocenters. The van der Waals surface area contributed by atoms with E-state index in [1.807, 2.05) is 38.1 Å². The number of amides is 2. The second-order valence-corrected chi connectivity index (χ2v) is 5.02. The predicted molar refractivity (Wildman–Crippen MR) is 83.6 cm³/mol. The molecular weight excluding hydrogens is 300 g/mol. The fraction of sp³-hybridized carbons (Fsp3) is 0.312. The van der Waals surface area contributed by atoms with Crippen molar-refractivity contribution in [2.24, 2.45) is 0 Å². The molecule has 0 radical (unpaired) electrons. The Bertz CT molecular complexity index is 579. The maximum Gasteiger partial charge on any atom is 0.328 e. The number of hydrogen-bond acceptors (Lipinski definition) is 4. The van der Waals surface area contributed by atoms with Gasteiger partial charge in [-0.1, -0.05) is 12.1 Å². The van der Waals surface area contributed by atoms with Gasteiger partial charge in [0.05, 0.1) is 6.10 Å². The monoisotopic (exact) mass is 320 g/mol. The first-order chi connectivity index (χ1) is 10.9. The van der Waals surface area contributed by atoms with Crippen LogP contribution in [0.1, 0.15) is 25.8 Å². The molecule has 0 aliphatic heterocycles. The Morgan fingerprint density at radius 1 is 1.13 bits per heavy atom. The highest BCUT2D eigenvalue weighted by atomic mass is 16.5. The summed E-state index contributed by atoms with van der Waals surface area (Å²) in [6, 6.07) is 7.43. The summed E-state index contributed by atoms with van der Waals surface area (Å²) >= 11 is 0. The van der Waals surface area contributed by atoms with Gasteiger partial charge in [-0.05, 0) is 38.0 Å². The van der Waals surface area contributed by atoms with Gasteiger partial charge in [-0.15, -0.1) is 0 Å². The van der Waals surface area contributed by atoms with E-state index in [2.05, 4.69) is 10.9 Å². The minimum absolute atomic E-state index is 0.102. The SMILES string of the molecule is CC(C)Oc1ccc(CCC(=O)NNC(=O)/C=C/C(=O)O)cc1. The van der Waals surface area contributed by atoms with Crippen LogP contribution >= 0.6 is 0 Å². The Balaban J connectivity index is 2.33. The van der Waals surface area contributed by atoms with E-state index in [1.54, 1.807) is 0 Å². The largest absolute Gasteiger partial charge is 0.491 e. The van der Waals surface area contributed by atoms with E-state index in [1.165, 1.54) is 0 Å². The van der Waals surface area contributed by atoms with Crippen LogP contribution in [0.15, 0.2) is 36.4 Å². The lowest BCUT2D eigenvalue weighted by atomic mass is 10.1. The molecule has 1 aromatic rings. The second kappa shape index (κ2) is 9.24. The van der Waals surface area contributed by atoms with Crippen molar-refractivity contribution in [2.75, 3.05) is 0 Å². The maximum absolute atomic E-state index is 11.6. The van der Waals surface area contributed by atoms with Gasteiger partial charge in [-0.3, -0.25) is 20.4 Å². The normalized spacial score (nSPS) is 10.6. The smallest absolute Gasteiger partial charge is 0.328 e. The topological polar surface area (TPSA) is 105 Å². The van der Waals surface area contributed by atoms with Gasteiger partial charge >= 0.3 is 5.97 Å². The van der Waals surface area contributed by atoms with E-state index in [0.29, 0.717) is 12.5 Å². The predicted octanol–water partition coefficient (Wildman–Crippen LogP) is 1.19. The standard InChI is InChI=1S/C16H20N2O5/c1-11(2)23-13-6-3-12(4-7-13)5-8-14(19)17-18-15(20)9-10-16(21)22/h3-4,6-7,9-11H,5,8H2,1-2H3,(H,17,19)(H,18,20)(H,21,22)/b10-9+. The molecular formula is C16H20N2O5. The van der Waals surface area contributed by atoms with Crippen molar-refractivity contribution in [3.05, 3.63) is 42.0 Å². The quantitative estimate of drug-likeness (QED) is 0.517. The average molecular weight is 320 g/mol. The number of nitrogens with one attached hydrogen (secondary N) is 2. The number of benzene rings is 1. The first kappa shape index (κ1) is 18.2. The molecule has 0 bridgehead atoms. The number of rotatable bonds is 7. The average Bonchev–Trinajstić information content (AvgIpc) is 2.49. The van der Waals surface area contributed by atoms with Gasteiger partial charge in [0.25, 0.3) is 5.91 Å². The summed E-state index contributed by atoms with van der Waals surface area (Å²) in [5.41, 5.74) is 5.27. The molecule has 7 heteroatoms. The Morgan fingerprint density at radius 2 is 1.78 bits per heavy atom. The van der Waals surface area contributed by atoms with E-state index in [0.717, 1.165) is 17.4 Å². The van der Waals surface area contributed by atoms with E-state index in [4.69, 9.17) is 9.84 Å². The number of hydrogen-bond donors (Lipinski definition) is 3. The van der Waals surface area contributed by atoms with Crippen LogP contribution in [0.25, 0.3) is 0 Å². The van der Waals surface area contributed by atoms with Gasteiger partial charge in [0.1, 0.15) is 5.75 Å². The van der Waals surface area contributed by atoms with E-state index in [-0.39, 0.29) is 18.4 Å². The van der Waals surface area contributed by atoms with E-state index in [9.17, 15) is 14.4 Å². The number of carboxylic acids is 1. The molecule has 1 rings (SSSR count). The van der Waals surface area contributed by atoms with Crippen LogP contribution in [0.4, 0.5) is 0 Å². The van der Waals surface area contributed by atoms with Crippen molar-refractivity contribution in [3.8, 4) is 5.75 Å². The van der Waals surface area contributed by atoms with Gasteiger partial charge < -0.3 is 9.84 Å². The van der Waals surface area contributed by atoms with Crippen molar-refractivity contribution in [1.82, 2.24) is 10.9 Å². The lowest BCUT2D eigenvalue weighted by molar-refractivity contribution is -0.131. The summed E-state index contributed by atoms with van der Waals surface area (Å²) in [6.07, 6.45) is 2.30. The highest BCUT2D eigenvalue weighted by Gasteiger charge is 2.04. The van der Waals surface area contributed by atoms with Crippen LogP contribution in [0, 0.1) is 0 Å². The number of carbonyl (C=O) groups excluding carboxylic acids is 2. The molecule has 0 aromatic heterocycles. The summed E-state index contributed by atoms with van der Waals surface area (Å²) in [6.45, 7) is 3.89. The number of aliphatic carboxylic acids is 1. The molecule has 124 valence electrons. The molecule has 0 aliphatic carbocycles. The highest BCUT2D eigenvalue weighted by Crippen LogP contribution is 2.14. The molecule has 0 saturated carbocycles. The third kappa shape index (κ3) is 8.25. The minimum Gasteiger partial charge on any atom is -0.491 e. The Labute approximate surface area is 134 Å². The maximum atomic E-state index is 11.6. The van der Waals surface area contributed by atoms with Gasteiger partial charge in [-0.2, -0.15) is 0 Å². The van der Waals surface area contributed by atoms with Crippen LogP contribution in [0.3, 0.4) is 0 Å². The van der Waals surface area contributed by atoms with Gasteiger partial charge in [0, 0.05) is 18.6 Å². The molecule has 0 saturated heterocycles. The van der Waals surface area contributed by atoms with Gasteiger partial charge in [-0.25, -0.2) is 4.79 Å². The molecule has 3 N–H and O–H groups in total. The minimum atomic E-state index is -1.24. The zero-order chi connectivity index (χ0) is 17.2. The number of carbonyl (C=O) groups is 3. The molecule has 23 heavy (non-hydrogen) atoms. The highest BCUT2D eigenvalue weighted by molar-refractivity contribution is 5.94. The van der Waals surface area contributed by atoms with Gasteiger partial charge in [0.2, 0.25) is 5.91 Å². The Morgan fingerprint density at radius 3 is 2.35 bits per heavy atom. The van der Waals surface area contributed by atoms with Crippen LogP contribution in [-0.2, 0) is 20.8 Å². The van der Waals surface area contributed by atoms with Crippen LogP contribution in [0.5, 0.6) is 5.75 Å². The molecule has 1 aromatic carbocycles. The Hall–Kier alpha value is -2.83. The Kier molecular flexibility index (Phi) is 7.32. The fourth-order valence-corrected chi connectivity index (χ4v) is 1.65. The van der Waals surface area contributed by atoms with Gasteiger partial charge in [0.15, 0.2) is 0 Å². The third-order valence-corrected chi connectivity index (χ3v) is 2.64. The van der Waals surface area contributed by atoms with Crippen molar-refractivity contribution in [2.45, 2.75) is 32.8 Å². The zero-order valence-corrected chi connectivity index (χ0v) is 13.0. The number of hydrazine groups is 1. The van der Waals surface area contributed by atoms with Crippen molar-refractivity contribution in [1.29, 1.82) is 0 Å². The number of carboxylic acid groups (broad SMARTS) is 1. The van der Waals surface area contributed by atoms with Crippen molar-refractivity contribution >= 4 is 17.8 Å². The number of ether oxygens (including phenoxy) is 1. The molecule has 0 heterocycles. The fourth-order valence-electron chi connectivity index (χ4n) is 1.65. The van der Waals surface area contributed by atoms with Crippen LogP contribution in [-0.4, -0.2) is 29.0 Å². The van der Waals surface area contributed by atoms with Crippen LogP contribution in [0.2, 0.25) is 0 Å². The first-order valence-electron chi connectivity index (χ1n) is 7.12. The molecule has 0 atom stereocenters. The first-order valence-corrected chi connectivity index (χ1v) is 7.12. The molecule has 0 aliphatic rings. The summed E-state index contributed by atoms with van der Waals surface area (Å²) in [4.78, 5) is 33.0. The molecule has 0 fully saturated rings. The summed E-state index contributed by atoms with van der Waals surface area (Å²) in [5.74, 6) is -1.55. The van der Waals surface area contributed by atoms with E-state index < -0.39 is 11.9 Å². The van der Waals surface area contributed by atoms with Crippen LogP contribution < -0.4 is 15.6 Å². The number of aryl methyl sites for hydroxylation is 1. The summed E-state index contributed by atoms with van der Waals surface area (Å²) in [5, 5.41) is 8.35. The zero-order valence-electron chi connectivity index (χ0n) is 13.0. The summed E-state index contributed by atoms with van der Waals surface area (Å²) < 4.78 is 5.52. The second-order valence-electron chi connectivity index (χ2n) is 5.02. The lowest BCUT2D eigenvalue weighted by Crippen LogP contribution is -2.40. The molecule has 2 amide bonds. The lowest BCUT2D eigenvalue weighted by Gasteiger charge is -2.10. The van der Waals surface area contributed by atoms with E-state index >= 15 is 0 Å². The molecule has 0 spiro atoms. The van der Waals surface area contributed by atoms with Crippen molar-refractivity contribution < 1.29 is 24.2 Å². The van der Waals surface area contributed by atoms with Crippen molar-refractivity contribution in [3.63, 3.8) is 0 Å². The summed E-state index contributed by atoms with van der Waals surface area (Å²) in [7, 11) is 0. The molecule has 7 nitrogen and oxygen atoms in total.